The van der Waals surface area contributed by atoms with E-state index in [1.54, 1.807) is 0 Å². The number of aliphatic carboxylic acids is 2. The first-order valence-electron chi connectivity index (χ1n) is 4.88. The molecular weight excluding hydrogens is 216 g/mol. The number of rotatable bonds is 5. The van der Waals surface area contributed by atoms with Crippen LogP contribution in [0.2, 0.25) is 0 Å². The first kappa shape index (κ1) is 12.4. The highest BCUT2D eigenvalue weighted by molar-refractivity contribution is 5.86. The van der Waals surface area contributed by atoms with Crippen molar-refractivity contribution in [3.05, 3.63) is 0 Å². The molecule has 1 unspecified atom stereocenters. The van der Waals surface area contributed by atoms with E-state index in [1.165, 1.54) is 4.90 Å². The Morgan fingerprint density at radius 3 is 2.25 bits per heavy atom. The van der Waals surface area contributed by atoms with E-state index in [0.717, 1.165) is 0 Å². The average Bonchev–Trinajstić information content (AvgIpc) is 2.07. The van der Waals surface area contributed by atoms with E-state index in [9.17, 15) is 14.4 Å². The molecule has 7 nitrogen and oxygen atoms in total. The third-order valence-electron chi connectivity index (χ3n) is 2.44. The van der Waals surface area contributed by atoms with Gasteiger partial charge in [-0.25, -0.2) is 0 Å². The largest absolute Gasteiger partial charge is 0.481 e. The number of carboxylic acid groups (broad SMARTS) is 2. The minimum Gasteiger partial charge on any atom is -0.481 e. The Kier molecular flexibility index (Phi) is 3.83. The second-order valence-corrected chi connectivity index (χ2v) is 3.91. The first-order chi connectivity index (χ1) is 7.40. The van der Waals surface area contributed by atoms with Crippen molar-refractivity contribution in [2.75, 3.05) is 13.1 Å². The second kappa shape index (κ2) is 4.93. The number of likely N-dealkylation sites (tertiary alicyclic amines) is 1. The number of carbonyl (C=O) groups is 3. The Morgan fingerprint density at radius 1 is 1.25 bits per heavy atom. The van der Waals surface area contributed by atoms with Crippen molar-refractivity contribution in [1.82, 2.24) is 4.90 Å². The van der Waals surface area contributed by atoms with Crippen LogP contribution in [0.25, 0.3) is 0 Å². The lowest BCUT2D eigenvalue weighted by Gasteiger charge is -2.39. The lowest BCUT2D eigenvalue weighted by Crippen LogP contribution is -2.55. The summed E-state index contributed by atoms with van der Waals surface area (Å²) in [4.78, 5) is 33.5. The molecule has 7 heteroatoms. The zero-order valence-corrected chi connectivity index (χ0v) is 8.63. The summed E-state index contributed by atoms with van der Waals surface area (Å²) in [5, 5.41) is 16.9. The number of nitrogens with two attached hydrogens (primary N) is 1. The highest BCUT2D eigenvalue weighted by Gasteiger charge is 2.34. The maximum atomic E-state index is 11.5. The summed E-state index contributed by atoms with van der Waals surface area (Å²) in [7, 11) is 0. The molecule has 0 aromatic rings. The summed E-state index contributed by atoms with van der Waals surface area (Å²) >= 11 is 0. The maximum absolute atomic E-state index is 11.5. The van der Waals surface area contributed by atoms with Gasteiger partial charge in [-0.05, 0) is 0 Å². The predicted octanol–water partition coefficient (Wildman–Crippen LogP) is -1.28. The van der Waals surface area contributed by atoms with Crippen LogP contribution in [-0.4, -0.2) is 52.1 Å². The summed E-state index contributed by atoms with van der Waals surface area (Å²) < 4.78 is 0. The molecule has 1 heterocycles. The Hall–Kier alpha value is -1.63. The molecule has 0 saturated carbocycles. The Balaban J connectivity index is 2.31. The normalized spacial score (nSPS) is 17.7. The van der Waals surface area contributed by atoms with Gasteiger partial charge in [0, 0.05) is 19.0 Å². The van der Waals surface area contributed by atoms with Crippen LogP contribution in [0.4, 0.5) is 0 Å². The number of carbonyl (C=O) groups excluding carboxylic acids is 1. The standard InChI is InChI=1S/C9H14N2O5/c10-6(2-8(14)15)9(16)11-3-5(4-11)1-7(12)13/h5-6H,1-4,10H2,(H,12,13)(H,14,15). The molecule has 0 bridgehead atoms. The van der Waals surface area contributed by atoms with Crippen molar-refractivity contribution < 1.29 is 24.6 Å². The molecule has 4 N–H and O–H groups in total. The van der Waals surface area contributed by atoms with Crippen LogP contribution in [-0.2, 0) is 14.4 Å². The summed E-state index contributed by atoms with van der Waals surface area (Å²) in [6.45, 7) is 0.691. The molecule has 0 radical (unpaired) electrons. The van der Waals surface area contributed by atoms with Crippen LogP contribution < -0.4 is 5.73 Å². The van der Waals surface area contributed by atoms with Crippen molar-refractivity contribution in [3.63, 3.8) is 0 Å². The number of carboxylic acids is 2. The van der Waals surface area contributed by atoms with Crippen LogP contribution >= 0.6 is 0 Å². The lowest BCUT2D eigenvalue weighted by molar-refractivity contribution is -0.147. The lowest BCUT2D eigenvalue weighted by atomic mass is 9.95. The molecule has 1 aliphatic rings. The third-order valence-corrected chi connectivity index (χ3v) is 2.44. The number of hydrogen-bond donors (Lipinski definition) is 3. The molecule has 0 aromatic heterocycles. The number of amides is 1. The van der Waals surface area contributed by atoms with E-state index in [4.69, 9.17) is 15.9 Å². The molecular formula is C9H14N2O5. The van der Waals surface area contributed by atoms with Gasteiger partial charge in [0.05, 0.1) is 18.9 Å². The molecule has 1 aliphatic heterocycles. The summed E-state index contributed by atoms with van der Waals surface area (Å²) in [5.41, 5.74) is 5.39. The van der Waals surface area contributed by atoms with Gasteiger partial charge in [-0.2, -0.15) is 0 Å². The average molecular weight is 230 g/mol. The fraction of sp³-hybridized carbons (Fsp3) is 0.667. The Morgan fingerprint density at radius 2 is 1.81 bits per heavy atom. The monoisotopic (exact) mass is 230 g/mol. The molecule has 1 fully saturated rings. The van der Waals surface area contributed by atoms with E-state index in [0.29, 0.717) is 13.1 Å². The smallest absolute Gasteiger partial charge is 0.305 e. The van der Waals surface area contributed by atoms with E-state index < -0.39 is 30.3 Å². The van der Waals surface area contributed by atoms with E-state index in [1.807, 2.05) is 0 Å². The van der Waals surface area contributed by atoms with Crippen LogP contribution in [0.15, 0.2) is 0 Å². The van der Waals surface area contributed by atoms with Gasteiger partial charge in [0.2, 0.25) is 5.91 Å². The van der Waals surface area contributed by atoms with Crippen LogP contribution in [0.5, 0.6) is 0 Å². The van der Waals surface area contributed by atoms with Gasteiger partial charge in [-0.1, -0.05) is 0 Å². The van der Waals surface area contributed by atoms with Crippen LogP contribution in [0.3, 0.4) is 0 Å². The van der Waals surface area contributed by atoms with Crippen molar-refractivity contribution >= 4 is 17.8 Å². The summed E-state index contributed by atoms with van der Waals surface area (Å²) in [5.74, 6) is -2.49. The van der Waals surface area contributed by atoms with Gasteiger partial charge < -0.3 is 20.8 Å². The first-order valence-corrected chi connectivity index (χ1v) is 4.88. The molecule has 1 amide bonds. The fourth-order valence-corrected chi connectivity index (χ4v) is 1.64. The van der Waals surface area contributed by atoms with Crippen LogP contribution in [0.1, 0.15) is 12.8 Å². The van der Waals surface area contributed by atoms with E-state index in [-0.39, 0.29) is 12.3 Å². The zero-order valence-electron chi connectivity index (χ0n) is 8.63. The topological polar surface area (TPSA) is 121 Å². The third kappa shape index (κ3) is 3.20. The van der Waals surface area contributed by atoms with Crippen LogP contribution in [0, 0.1) is 5.92 Å². The summed E-state index contributed by atoms with van der Waals surface area (Å²) in [6.07, 6.45) is -0.378. The van der Waals surface area contributed by atoms with Gasteiger partial charge in [0.1, 0.15) is 0 Å². The molecule has 0 aliphatic carbocycles. The van der Waals surface area contributed by atoms with E-state index >= 15 is 0 Å². The van der Waals surface area contributed by atoms with Gasteiger partial charge in [-0.3, -0.25) is 14.4 Å². The maximum Gasteiger partial charge on any atom is 0.305 e. The van der Waals surface area contributed by atoms with E-state index in [2.05, 4.69) is 0 Å². The fourth-order valence-electron chi connectivity index (χ4n) is 1.64. The molecule has 1 rings (SSSR count). The predicted molar refractivity (Wildman–Crippen MR) is 52.6 cm³/mol. The summed E-state index contributed by atoms with van der Waals surface area (Å²) in [6, 6.07) is -1.04. The zero-order chi connectivity index (χ0) is 12.3. The van der Waals surface area contributed by atoms with Gasteiger partial charge in [-0.15, -0.1) is 0 Å². The SMILES string of the molecule is NC(CC(=O)O)C(=O)N1CC(CC(=O)O)C1. The minimum absolute atomic E-state index is 0.0257. The quantitative estimate of drug-likeness (QED) is 0.541. The van der Waals surface area contributed by atoms with Crippen molar-refractivity contribution in [1.29, 1.82) is 0 Å². The second-order valence-electron chi connectivity index (χ2n) is 3.91. The van der Waals surface area contributed by atoms with Gasteiger partial charge in [0.25, 0.3) is 0 Å². The van der Waals surface area contributed by atoms with Crippen molar-refractivity contribution in [2.24, 2.45) is 11.7 Å². The van der Waals surface area contributed by atoms with Crippen molar-refractivity contribution in [3.8, 4) is 0 Å². The molecule has 1 atom stereocenters. The number of nitrogens with zero attached hydrogens (tertiary/aromatic N) is 1. The molecule has 0 aromatic carbocycles. The van der Waals surface area contributed by atoms with Gasteiger partial charge in [0.15, 0.2) is 0 Å². The number of hydrogen-bond acceptors (Lipinski definition) is 4. The highest BCUT2D eigenvalue weighted by Crippen LogP contribution is 2.19. The highest BCUT2D eigenvalue weighted by atomic mass is 16.4. The molecule has 1 saturated heterocycles. The Labute approximate surface area is 91.8 Å². The molecule has 90 valence electrons. The molecule has 0 spiro atoms. The Bertz CT molecular complexity index is 311. The molecule has 16 heavy (non-hydrogen) atoms. The van der Waals surface area contributed by atoms with Crippen molar-refractivity contribution in [2.45, 2.75) is 18.9 Å². The van der Waals surface area contributed by atoms with Gasteiger partial charge >= 0.3 is 11.9 Å². The minimum atomic E-state index is -1.12.